The molecular formula is C15H13BrClFN2O3S. The SMILES string of the molecule is CN(CC(=O)Nc1ccc(F)c(Cl)c1)S(=O)(=O)c1ccc(Br)cc1. The topological polar surface area (TPSA) is 66.5 Å². The molecule has 1 N–H and O–H groups in total. The van der Waals surface area contributed by atoms with Gasteiger partial charge in [0.1, 0.15) is 5.82 Å². The molecule has 0 unspecified atom stereocenters. The Kier molecular flexibility index (Phi) is 5.97. The Morgan fingerprint density at radius 2 is 1.88 bits per heavy atom. The Morgan fingerprint density at radius 3 is 2.46 bits per heavy atom. The molecule has 5 nitrogen and oxygen atoms in total. The number of rotatable bonds is 5. The van der Waals surface area contributed by atoms with Crippen molar-refractivity contribution < 1.29 is 17.6 Å². The van der Waals surface area contributed by atoms with E-state index in [-0.39, 0.29) is 15.6 Å². The lowest BCUT2D eigenvalue weighted by Crippen LogP contribution is -2.34. The van der Waals surface area contributed by atoms with Crippen molar-refractivity contribution in [2.24, 2.45) is 0 Å². The number of sulfonamides is 1. The van der Waals surface area contributed by atoms with Gasteiger partial charge in [0.15, 0.2) is 0 Å². The fraction of sp³-hybridized carbons (Fsp3) is 0.133. The van der Waals surface area contributed by atoms with Gasteiger partial charge in [0.05, 0.1) is 16.5 Å². The highest BCUT2D eigenvalue weighted by Crippen LogP contribution is 2.20. The molecule has 0 fully saturated rings. The summed E-state index contributed by atoms with van der Waals surface area (Å²) in [5.41, 5.74) is 0.279. The minimum atomic E-state index is -3.79. The number of hydrogen-bond acceptors (Lipinski definition) is 3. The van der Waals surface area contributed by atoms with Crippen LogP contribution in [0, 0.1) is 5.82 Å². The Hall–Kier alpha value is -1.48. The van der Waals surface area contributed by atoms with Crippen molar-refractivity contribution in [2.45, 2.75) is 4.90 Å². The maximum absolute atomic E-state index is 13.1. The van der Waals surface area contributed by atoms with Crippen LogP contribution in [0.1, 0.15) is 0 Å². The molecule has 0 aliphatic rings. The highest BCUT2D eigenvalue weighted by molar-refractivity contribution is 9.10. The normalized spacial score (nSPS) is 11.5. The summed E-state index contributed by atoms with van der Waals surface area (Å²) < 4.78 is 39.5. The molecule has 2 aromatic rings. The van der Waals surface area contributed by atoms with Crippen LogP contribution < -0.4 is 5.32 Å². The zero-order chi connectivity index (χ0) is 17.9. The van der Waals surface area contributed by atoms with Gasteiger partial charge in [0.2, 0.25) is 15.9 Å². The number of carbonyl (C=O) groups excluding carboxylic acids is 1. The summed E-state index contributed by atoms with van der Waals surface area (Å²) in [6.07, 6.45) is 0. The molecule has 0 aliphatic heterocycles. The molecule has 2 rings (SSSR count). The first-order valence-electron chi connectivity index (χ1n) is 6.67. The fourth-order valence-corrected chi connectivity index (χ4v) is 3.42. The summed E-state index contributed by atoms with van der Waals surface area (Å²) in [6, 6.07) is 9.77. The molecule has 0 bridgehead atoms. The molecule has 0 spiro atoms. The van der Waals surface area contributed by atoms with E-state index in [4.69, 9.17) is 11.6 Å². The van der Waals surface area contributed by atoms with E-state index in [9.17, 15) is 17.6 Å². The van der Waals surface area contributed by atoms with Crippen molar-refractivity contribution in [2.75, 3.05) is 18.9 Å². The molecule has 0 radical (unpaired) electrons. The first kappa shape index (κ1) is 18.9. The summed E-state index contributed by atoms with van der Waals surface area (Å²) >= 11 is 8.86. The molecule has 1 amide bonds. The lowest BCUT2D eigenvalue weighted by molar-refractivity contribution is -0.116. The van der Waals surface area contributed by atoms with E-state index in [2.05, 4.69) is 21.2 Å². The second-order valence-corrected chi connectivity index (χ2v) is 8.26. The maximum Gasteiger partial charge on any atom is 0.243 e. The van der Waals surface area contributed by atoms with E-state index in [1.54, 1.807) is 12.1 Å². The number of halogens is 3. The zero-order valence-corrected chi connectivity index (χ0v) is 15.6. The number of amides is 1. The summed E-state index contributed by atoms with van der Waals surface area (Å²) in [5, 5.41) is 2.33. The number of hydrogen-bond donors (Lipinski definition) is 1. The molecule has 0 atom stereocenters. The molecule has 24 heavy (non-hydrogen) atoms. The molecule has 0 heterocycles. The highest BCUT2D eigenvalue weighted by Gasteiger charge is 2.23. The van der Waals surface area contributed by atoms with Gasteiger partial charge in [0, 0.05) is 17.2 Å². The monoisotopic (exact) mass is 434 g/mol. The number of carbonyl (C=O) groups is 1. The smallest absolute Gasteiger partial charge is 0.243 e. The molecule has 0 saturated heterocycles. The van der Waals surface area contributed by atoms with Crippen LogP contribution in [-0.4, -0.2) is 32.2 Å². The van der Waals surface area contributed by atoms with Gasteiger partial charge in [-0.3, -0.25) is 4.79 Å². The van der Waals surface area contributed by atoms with Crippen LogP contribution in [0.3, 0.4) is 0 Å². The van der Waals surface area contributed by atoms with E-state index >= 15 is 0 Å². The van der Waals surface area contributed by atoms with Crippen molar-refractivity contribution >= 4 is 49.1 Å². The average Bonchev–Trinajstić information content (AvgIpc) is 2.51. The third-order valence-electron chi connectivity index (χ3n) is 3.09. The molecule has 9 heteroatoms. The van der Waals surface area contributed by atoms with Crippen molar-refractivity contribution in [3.63, 3.8) is 0 Å². The van der Waals surface area contributed by atoms with Crippen LogP contribution in [0.5, 0.6) is 0 Å². The highest BCUT2D eigenvalue weighted by atomic mass is 79.9. The number of nitrogens with one attached hydrogen (secondary N) is 1. The standard InChI is InChI=1S/C15H13BrClFN2O3S/c1-20(24(22,23)12-5-2-10(16)3-6-12)9-15(21)19-11-4-7-14(18)13(17)8-11/h2-8H,9H2,1H3,(H,19,21). The second-order valence-electron chi connectivity index (χ2n) is 4.89. The first-order valence-corrected chi connectivity index (χ1v) is 9.28. The summed E-state index contributed by atoms with van der Waals surface area (Å²) in [6.45, 7) is -0.395. The van der Waals surface area contributed by atoms with Crippen LogP contribution in [-0.2, 0) is 14.8 Å². The first-order chi connectivity index (χ1) is 11.2. The van der Waals surface area contributed by atoms with Crippen LogP contribution >= 0.6 is 27.5 Å². The van der Waals surface area contributed by atoms with E-state index in [1.807, 2.05) is 0 Å². The third-order valence-corrected chi connectivity index (χ3v) is 5.73. The number of nitrogens with zero attached hydrogens (tertiary/aromatic N) is 1. The van der Waals surface area contributed by atoms with Crippen LogP contribution in [0.2, 0.25) is 5.02 Å². The molecule has 2 aromatic carbocycles. The lowest BCUT2D eigenvalue weighted by Gasteiger charge is -2.17. The summed E-state index contributed by atoms with van der Waals surface area (Å²) in [4.78, 5) is 12.1. The van der Waals surface area contributed by atoms with E-state index in [0.717, 1.165) is 14.8 Å². The van der Waals surface area contributed by atoms with Crippen LogP contribution in [0.25, 0.3) is 0 Å². The summed E-state index contributed by atoms with van der Waals surface area (Å²) in [7, 11) is -2.49. The van der Waals surface area contributed by atoms with Crippen molar-refractivity contribution in [1.82, 2.24) is 4.31 Å². The van der Waals surface area contributed by atoms with Gasteiger partial charge in [-0.15, -0.1) is 0 Å². The number of anilines is 1. The van der Waals surface area contributed by atoms with Gasteiger partial charge < -0.3 is 5.32 Å². The lowest BCUT2D eigenvalue weighted by atomic mass is 10.3. The van der Waals surface area contributed by atoms with Crippen LogP contribution in [0.4, 0.5) is 10.1 Å². The predicted octanol–water partition coefficient (Wildman–Crippen LogP) is 3.50. The second kappa shape index (κ2) is 7.60. The third kappa shape index (κ3) is 4.54. The quantitative estimate of drug-likeness (QED) is 0.782. The van der Waals surface area contributed by atoms with Gasteiger partial charge in [-0.2, -0.15) is 4.31 Å². The van der Waals surface area contributed by atoms with E-state index in [0.29, 0.717) is 0 Å². The Morgan fingerprint density at radius 1 is 1.25 bits per heavy atom. The minimum absolute atomic E-state index is 0.0748. The van der Waals surface area contributed by atoms with Crippen LogP contribution in [0.15, 0.2) is 51.8 Å². The van der Waals surface area contributed by atoms with E-state index < -0.39 is 28.3 Å². The Balaban J connectivity index is 2.07. The van der Waals surface area contributed by atoms with Crippen molar-refractivity contribution in [1.29, 1.82) is 0 Å². The van der Waals surface area contributed by atoms with Crippen molar-refractivity contribution in [3.8, 4) is 0 Å². The molecule has 128 valence electrons. The van der Waals surface area contributed by atoms with Gasteiger partial charge in [-0.05, 0) is 42.5 Å². The van der Waals surface area contributed by atoms with Gasteiger partial charge in [-0.1, -0.05) is 27.5 Å². The molecule has 0 aromatic heterocycles. The molecule has 0 aliphatic carbocycles. The van der Waals surface area contributed by atoms with Gasteiger partial charge >= 0.3 is 0 Å². The molecular weight excluding hydrogens is 423 g/mol. The van der Waals surface area contributed by atoms with E-state index in [1.165, 1.54) is 31.3 Å². The minimum Gasteiger partial charge on any atom is -0.325 e. The van der Waals surface area contributed by atoms with Gasteiger partial charge in [0.25, 0.3) is 0 Å². The largest absolute Gasteiger partial charge is 0.325 e. The predicted molar refractivity (Wildman–Crippen MR) is 94.0 cm³/mol. The van der Waals surface area contributed by atoms with Gasteiger partial charge in [-0.25, -0.2) is 12.8 Å². The Bertz CT molecular complexity index is 860. The van der Waals surface area contributed by atoms with Crippen molar-refractivity contribution in [3.05, 3.63) is 57.8 Å². The number of benzene rings is 2. The zero-order valence-electron chi connectivity index (χ0n) is 12.5. The molecule has 0 saturated carbocycles. The maximum atomic E-state index is 13.1. The average molecular weight is 436 g/mol. The summed E-state index contributed by atoms with van der Waals surface area (Å²) in [5.74, 6) is -1.18. The Labute approximate surface area is 152 Å². The number of likely N-dealkylation sites (N-methyl/N-ethyl adjacent to an activating group) is 1. The fourth-order valence-electron chi connectivity index (χ4n) is 1.85.